The molecular weight excluding hydrogens is 198 g/mol. The van der Waals surface area contributed by atoms with Crippen LogP contribution in [0.15, 0.2) is 6.07 Å². The summed E-state index contributed by atoms with van der Waals surface area (Å²) in [7, 11) is 0. The van der Waals surface area contributed by atoms with Gasteiger partial charge in [-0.1, -0.05) is 17.7 Å². The van der Waals surface area contributed by atoms with Crippen molar-refractivity contribution in [1.82, 2.24) is 0 Å². The molecule has 3 heteroatoms. The van der Waals surface area contributed by atoms with E-state index in [0.29, 0.717) is 11.6 Å². The largest absolute Gasteiger partial charge is 0.506 e. The Morgan fingerprint density at radius 1 is 1.36 bits per heavy atom. The number of benzene rings is 1. The second kappa shape index (κ2) is 3.79. The fourth-order valence-corrected chi connectivity index (χ4v) is 2.39. The zero-order chi connectivity index (χ0) is 10.1. The third kappa shape index (κ3) is 1.49. The van der Waals surface area contributed by atoms with Gasteiger partial charge in [-0.2, -0.15) is 0 Å². The molecule has 2 rings (SSSR count). The molecule has 0 spiro atoms. The molecule has 2 nitrogen and oxygen atoms in total. The van der Waals surface area contributed by atoms with Gasteiger partial charge in [0.05, 0.1) is 5.02 Å². The molecule has 1 aliphatic rings. The maximum atomic E-state index is 9.74. The van der Waals surface area contributed by atoms with Gasteiger partial charge in [0.25, 0.3) is 0 Å². The van der Waals surface area contributed by atoms with Crippen LogP contribution in [0.25, 0.3) is 0 Å². The predicted octanol–water partition coefficient (Wildman–Crippen LogP) is 2.38. The van der Waals surface area contributed by atoms with Crippen LogP contribution in [-0.4, -0.2) is 5.11 Å². The monoisotopic (exact) mass is 211 g/mol. The van der Waals surface area contributed by atoms with Crippen molar-refractivity contribution in [3.05, 3.63) is 27.8 Å². The first kappa shape index (κ1) is 9.81. The lowest BCUT2D eigenvalue weighted by molar-refractivity contribution is 0.466. The lowest BCUT2D eigenvalue weighted by Crippen LogP contribution is -2.07. The summed E-state index contributed by atoms with van der Waals surface area (Å²) in [5, 5.41) is 10.3. The Kier molecular flexibility index (Phi) is 2.66. The second-order valence-electron chi connectivity index (χ2n) is 3.75. The average molecular weight is 212 g/mol. The number of halogens is 1. The summed E-state index contributed by atoms with van der Waals surface area (Å²) in [5.41, 5.74) is 8.68. The highest BCUT2D eigenvalue weighted by Gasteiger charge is 2.17. The van der Waals surface area contributed by atoms with E-state index in [1.54, 1.807) is 0 Å². The third-order valence-electron chi connectivity index (χ3n) is 2.86. The molecule has 0 saturated carbocycles. The highest BCUT2D eigenvalue weighted by molar-refractivity contribution is 6.33. The van der Waals surface area contributed by atoms with Crippen molar-refractivity contribution in [3.63, 3.8) is 0 Å². The third-order valence-corrected chi connectivity index (χ3v) is 3.26. The molecule has 0 aliphatic heterocycles. The van der Waals surface area contributed by atoms with Crippen LogP contribution in [0.3, 0.4) is 0 Å². The van der Waals surface area contributed by atoms with Crippen LogP contribution in [0, 0.1) is 0 Å². The summed E-state index contributed by atoms with van der Waals surface area (Å²) in [5.74, 6) is 0.176. The fourth-order valence-electron chi connectivity index (χ4n) is 2.06. The van der Waals surface area contributed by atoms with Gasteiger partial charge in [-0.25, -0.2) is 0 Å². The van der Waals surface area contributed by atoms with Crippen LogP contribution >= 0.6 is 11.6 Å². The Morgan fingerprint density at radius 2 is 2.07 bits per heavy atom. The summed E-state index contributed by atoms with van der Waals surface area (Å²) < 4.78 is 0. The molecule has 14 heavy (non-hydrogen) atoms. The molecule has 1 aromatic rings. The number of fused-ring (bicyclic) bond motifs is 1. The molecule has 0 bridgehead atoms. The molecule has 0 aromatic heterocycles. The zero-order valence-corrected chi connectivity index (χ0v) is 8.77. The Labute approximate surface area is 88.7 Å². The summed E-state index contributed by atoms with van der Waals surface area (Å²) in [6, 6.07) is 2.00. The van der Waals surface area contributed by atoms with Crippen molar-refractivity contribution in [2.45, 2.75) is 32.2 Å². The molecule has 0 unspecified atom stereocenters. The Morgan fingerprint density at radius 3 is 2.79 bits per heavy atom. The minimum Gasteiger partial charge on any atom is -0.506 e. The van der Waals surface area contributed by atoms with Gasteiger partial charge in [0, 0.05) is 12.1 Å². The van der Waals surface area contributed by atoms with Crippen molar-refractivity contribution in [2.75, 3.05) is 0 Å². The quantitative estimate of drug-likeness (QED) is 0.749. The molecule has 0 atom stereocenters. The van der Waals surface area contributed by atoms with Gasteiger partial charge < -0.3 is 10.8 Å². The smallest absolute Gasteiger partial charge is 0.138 e. The molecule has 0 amide bonds. The van der Waals surface area contributed by atoms with Gasteiger partial charge in [-0.15, -0.1) is 0 Å². The standard InChI is InChI=1S/C11H14ClNO/c12-10-9-4-2-1-3-7(9)5-8(6-13)11(10)14/h5,14H,1-4,6,13H2. The number of hydrogen-bond acceptors (Lipinski definition) is 2. The van der Waals surface area contributed by atoms with Crippen LogP contribution in [0.4, 0.5) is 0 Å². The maximum absolute atomic E-state index is 9.74. The lowest BCUT2D eigenvalue weighted by Gasteiger charge is -2.19. The summed E-state index contributed by atoms with van der Waals surface area (Å²) >= 11 is 6.09. The van der Waals surface area contributed by atoms with E-state index in [9.17, 15) is 5.11 Å². The van der Waals surface area contributed by atoms with Gasteiger partial charge in [-0.05, 0) is 36.8 Å². The number of nitrogens with two attached hydrogens (primary N) is 1. The minimum absolute atomic E-state index is 0.176. The van der Waals surface area contributed by atoms with Crippen molar-refractivity contribution < 1.29 is 5.11 Å². The molecule has 3 N–H and O–H groups in total. The highest BCUT2D eigenvalue weighted by atomic mass is 35.5. The van der Waals surface area contributed by atoms with Crippen LogP contribution in [-0.2, 0) is 19.4 Å². The number of rotatable bonds is 1. The summed E-state index contributed by atoms with van der Waals surface area (Å²) in [6.45, 7) is 0.346. The summed E-state index contributed by atoms with van der Waals surface area (Å²) in [4.78, 5) is 0. The van der Waals surface area contributed by atoms with Gasteiger partial charge in [0.2, 0.25) is 0 Å². The lowest BCUT2D eigenvalue weighted by atomic mass is 9.90. The van der Waals surface area contributed by atoms with Crippen molar-refractivity contribution in [3.8, 4) is 5.75 Å². The number of hydrogen-bond donors (Lipinski definition) is 2. The zero-order valence-electron chi connectivity index (χ0n) is 8.02. The van der Waals surface area contributed by atoms with Gasteiger partial charge in [0.15, 0.2) is 0 Å². The van der Waals surface area contributed by atoms with E-state index in [0.717, 1.165) is 30.4 Å². The Hall–Kier alpha value is -0.730. The normalized spacial score (nSPS) is 15.3. The molecule has 1 aromatic carbocycles. The molecule has 0 fully saturated rings. The second-order valence-corrected chi connectivity index (χ2v) is 4.13. The fraction of sp³-hybridized carbons (Fsp3) is 0.455. The highest BCUT2D eigenvalue weighted by Crippen LogP contribution is 2.37. The van der Waals surface area contributed by atoms with Crippen molar-refractivity contribution >= 4 is 11.6 Å². The SMILES string of the molecule is NCc1cc2c(c(Cl)c1O)CCCC2. The van der Waals surface area contributed by atoms with E-state index in [1.807, 2.05) is 6.07 Å². The summed E-state index contributed by atoms with van der Waals surface area (Å²) in [6.07, 6.45) is 4.40. The van der Waals surface area contributed by atoms with Crippen molar-refractivity contribution in [2.24, 2.45) is 5.73 Å². The predicted molar refractivity (Wildman–Crippen MR) is 57.7 cm³/mol. The minimum atomic E-state index is 0.176. The van der Waals surface area contributed by atoms with E-state index in [1.165, 1.54) is 12.0 Å². The molecule has 0 radical (unpaired) electrons. The van der Waals surface area contributed by atoms with Gasteiger partial charge in [-0.3, -0.25) is 0 Å². The van der Waals surface area contributed by atoms with E-state index in [-0.39, 0.29) is 5.75 Å². The van der Waals surface area contributed by atoms with E-state index in [2.05, 4.69) is 0 Å². The first-order valence-electron chi connectivity index (χ1n) is 4.96. The van der Waals surface area contributed by atoms with E-state index in [4.69, 9.17) is 17.3 Å². The molecule has 76 valence electrons. The molecule has 1 aliphatic carbocycles. The van der Waals surface area contributed by atoms with E-state index >= 15 is 0 Å². The van der Waals surface area contributed by atoms with Crippen LogP contribution < -0.4 is 5.73 Å². The number of phenolic OH excluding ortho intramolecular Hbond substituents is 1. The Balaban J connectivity index is 2.57. The van der Waals surface area contributed by atoms with Gasteiger partial charge in [0.1, 0.15) is 5.75 Å². The molecule has 0 saturated heterocycles. The first-order chi connectivity index (χ1) is 6.74. The van der Waals surface area contributed by atoms with Crippen LogP contribution in [0.2, 0.25) is 5.02 Å². The van der Waals surface area contributed by atoms with Crippen molar-refractivity contribution in [1.29, 1.82) is 0 Å². The topological polar surface area (TPSA) is 46.2 Å². The number of phenols is 1. The number of aryl methyl sites for hydroxylation is 1. The first-order valence-corrected chi connectivity index (χ1v) is 5.34. The van der Waals surface area contributed by atoms with E-state index < -0.39 is 0 Å². The maximum Gasteiger partial charge on any atom is 0.138 e. The van der Waals surface area contributed by atoms with Crippen LogP contribution in [0.5, 0.6) is 5.75 Å². The number of aromatic hydroxyl groups is 1. The van der Waals surface area contributed by atoms with Gasteiger partial charge >= 0.3 is 0 Å². The molecular formula is C11H14ClNO. The average Bonchev–Trinajstić information content (AvgIpc) is 2.23. The van der Waals surface area contributed by atoms with Crippen LogP contribution in [0.1, 0.15) is 29.5 Å². The Bertz CT molecular complexity index is 363. The molecule has 0 heterocycles.